The maximum atomic E-state index is 12.4. The van der Waals surface area contributed by atoms with Crippen LogP contribution in [0.15, 0.2) is 6.20 Å². The predicted octanol–water partition coefficient (Wildman–Crippen LogP) is 0.201. The number of hydrogen-bond donors (Lipinski definition) is 3. The second-order valence-electron chi connectivity index (χ2n) is 7.11. The fraction of sp³-hybridized carbons (Fsp3) is 0.765. The van der Waals surface area contributed by atoms with Crippen LogP contribution in [-0.4, -0.2) is 70.6 Å². The first-order chi connectivity index (χ1) is 12.7. The molecule has 9 heteroatoms. The zero-order chi connectivity index (χ0) is 18.4. The summed E-state index contributed by atoms with van der Waals surface area (Å²) in [5.41, 5.74) is 0.361. The van der Waals surface area contributed by atoms with Crippen molar-refractivity contribution >= 4 is 11.9 Å². The minimum Gasteiger partial charge on any atom is -0.348 e. The van der Waals surface area contributed by atoms with Gasteiger partial charge in [-0.25, -0.2) is 4.79 Å². The molecule has 0 radical (unpaired) electrons. The van der Waals surface area contributed by atoms with Gasteiger partial charge in [0.2, 0.25) is 0 Å². The molecule has 0 unspecified atom stereocenters. The van der Waals surface area contributed by atoms with E-state index in [0.717, 1.165) is 32.5 Å². The molecule has 1 aromatic heterocycles. The molecule has 0 aliphatic carbocycles. The maximum Gasteiger partial charge on any atom is 0.317 e. The van der Waals surface area contributed by atoms with Gasteiger partial charge in [0.1, 0.15) is 0 Å². The van der Waals surface area contributed by atoms with Gasteiger partial charge in [-0.05, 0) is 51.6 Å². The van der Waals surface area contributed by atoms with Crippen LogP contribution in [0.2, 0.25) is 0 Å². The molecule has 3 amide bonds. The van der Waals surface area contributed by atoms with E-state index in [4.69, 9.17) is 0 Å². The van der Waals surface area contributed by atoms with E-state index >= 15 is 0 Å². The van der Waals surface area contributed by atoms with Gasteiger partial charge in [0.15, 0.2) is 5.69 Å². The standard InChI is InChI=1S/C17H29N7O2/c1-2-19-17(26)23-8-5-14(6-9-23)20-16(25)15-12-24(22-21-15)11-13-4-3-7-18-10-13/h12-14,18H,2-11H2,1H3,(H,19,26)(H,20,25)/t13-/m0/s1. The summed E-state index contributed by atoms with van der Waals surface area (Å²) in [6.07, 6.45) is 5.60. The Morgan fingerprint density at radius 2 is 2.12 bits per heavy atom. The molecule has 2 saturated heterocycles. The Kier molecular flexibility index (Phi) is 6.43. The van der Waals surface area contributed by atoms with E-state index in [0.29, 0.717) is 31.2 Å². The fourth-order valence-corrected chi connectivity index (χ4v) is 3.59. The highest BCUT2D eigenvalue weighted by atomic mass is 16.2. The lowest BCUT2D eigenvalue weighted by atomic mass is 10.00. The summed E-state index contributed by atoms with van der Waals surface area (Å²) in [4.78, 5) is 26.0. The predicted molar refractivity (Wildman–Crippen MR) is 96.7 cm³/mol. The maximum absolute atomic E-state index is 12.4. The van der Waals surface area contributed by atoms with Gasteiger partial charge < -0.3 is 20.9 Å². The molecular formula is C17H29N7O2. The van der Waals surface area contributed by atoms with Gasteiger partial charge in [-0.2, -0.15) is 0 Å². The molecule has 2 aliphatic rings. The van der Waals surface area contributed by atoms with Crippen molar-refractivity contribution in [3.05, 3.63) is 11.9 Å². The number of nitrogens with zero attached hydrogens (tertiary/aromatic N) is 4. The van der Waals surface area contributed by atoms with E-state index < -0.39 is 0 Å². The lowest BCUT2D eigenvalue weighted by Crippen LogP contribution is -2.49. The Balaban J connectivity index is 1.44. The molecular weight excluding hydrogens is 334 g/mol. The summed E-state index contributed by atoms with van der Waals surface area (Å²) >= 11 is 0. The van der Waals surface area contributed by atoms with Crippen molar-refractivity contribution in [2.24, 2.45) is 5.92 Å². The van der Waals surface area contributed by atoms with Gasteiger partial charge in [-0.3, -0.25) is 9.48 Å². The minimum absolute atomic E-state index is 0.0302. The quantitative estimate of drug-likeness (QED) is 0.693. The lowest BCUT2D eigenvalue weighted by Gasteiger charge is -2.32. The number of rotatable bonds is 5. The van der Waals surface area contributed by atoms with Crippen LogP contribution >= 0.6 is 0 Å². The molecule has 0 saturated carbocycles. The van der Waals surface area contributed by atoms with Crippen LogP contribution in [0.4, 0.5) is 4.79 Å². The van der Waals surface area contributed by atoms with Crippen LogP contribution in [0.1, 0.15) is 43.1 Å². The number of aromatic nitrogens is 3. The van der Waals surface area contributed by atoms with Crippen LogP contribution in [0.5, 0.6) is 0 Å². The largest absolute Gasteiger partial charge is 0.348 e. The van der Waals surface area contributed by atoms with Gasteiger partial charge in [0, 0.05) is 32.2 Å². The molecule has 1 atom stereocenters. The summed E-state index contributed by atoms with van der Waals surface area (Å²) in [7, 11) is 0. The SMILES string of the molecule is CCNC(=O)N1CCC(NC(=O)c2cn(C[C@H]3CCCNC3)nn2)CC1. The van der Waals surface area contributed by atoms with E-state index in [9.17, 15) is 9.59 Å². The zero-order valence-corrected chi connectivity index (χ0v) is 15.4. The highest BCUT2D eigenvalue weighted by Gasteiger charge is 2.24. The molecule has 3 heterocycles. The first-order valence-electron chi connectivity index (χ1n) is 9.60. The first kappa shape index (κ1) is 18.6. The number of likely N-dealkylation sites (tertiary alicyclic amines) is 1. The Morgan fingerprint density at radius 1 is 1.31 bits per heavy atom. The van der Waals surface area contributed by atoms with Crippen LogP contribution < -0.4 is 16.0 Å². The van der Waals surface area contributed by atoms with E-state index in [1.165, 1.54) is 12.8 Å². The van der Waals surface area contributed by atoms with Crippen molar-refractivity contribution in [2.45, 2.75) is 45.2 Å². The number of hydrogen-bond acceptors (Lipinski definition) is 5. The average Bonchev–Trinajstić information content (AvgIpc) is 3.12. The lowest BCUT2D eigenvalue weighted by molar-refractivity contribution is 0.0913. The Hall–Kier alpha value is -2.16. The van der Waals surface area contributed by atoms with E-state index in [-0.39, 0.29) is 18.0 Å². The van der Waals surface area contributed by atoms with Gasteiger partial charge in [0.05, 0.1) is 6.20 Å². The van der Waals surface area contributed by atoms with Crippen molar-refractivity contribution < 1.29 is 9.59 Å². The highest BCUT2D eigenvalue weighted by Crippen LogP contribution is 2.13. The fourth-order valence-electron chi connectivity index (χ4n) is 3.59. The summed E-state index contributed by atoms with van der Waals surface area (Å²) in [6, 6.07) is 0.0401. The Morgan fingerprint density at radius 3 is 2.81 bits per heavy atom. The number of carbonyl (C=O) groups is 2. The van der Waals surface area contributed by atoms with Gasteiger partial charge >= 0.3 is 6.03 Å². The van der Waals surface area contributed by atoms with Crippen molar-refractivity contribution in [3.8, 4) is 0 Å². The monoisotopic (exact) mass is 363 g/mol. The number of amides is 3. The average molecular weight is 363 g/mol. The molecule has 144 valence electrons. The van der Waals surface area contributed by atoms with Crippen LogP contribution in [-0.2, 0) is 6.54 Å². The van der Waals surface area contributed by atoms with Crippen LogP contribution in [0.3, 0.4) is 0 Å². The molecule has 9 nitrogen and oxygen atoms in total. The van der Waals surface area contributed by atoms with Gasteiger partial charge in [-0.1, -0.05) is 5.21 Å². The van der Waals surface area contributed by atoms with E-state index in [1.54, 1.807) is 15.8 Å². The zero-order valence-electron chi connectivity index (χ0n) is 15.4. The molecule has 3 rings (SSSR count). The summed E-state index contributed by atoms with van der Waals surface area (Å²) in [5.74, 6) is 0.356. The third-order valence-electron chi connectivity index (χ3n) is 5.06. The number of urea groups is 1. The molecule has 0 aromatic carbocycles. The third kappa shape index (κ3) is 4.94. The van der Waals surface area contributed by atoms with E-state index in [2.05, 4.69) is 26.3 Å². The summed E-state index contributed by atoms with van der Waals surface area (Å²) in [6.45, 7) is 6.70. The molecule has 0 bridgehead atoms. The van der Waals surface area contributed by atoms with Crippen molar-refractivity contribution in [3.63, 3.8) is 0 Å². The van der Waals surface area contributed by atoms with Crippen molar-refractivity contribution in [1.82, 2.24) is 35.8 Å². The highest BCUT2D eigenvalue weighted by molar-refractivity contribution is 5.92. The van der Waals surface area contributed by atoms with Gasteiger partial charge in [-0.15, -0.1) is 5.10 Å². The number of carbonyl (C=O) groups excluding carboxylic acids is 2. The smallest absolute Gasteiger partial charge is 0.317 e. The molecule has 3 N–H and O–H groups in total. The molecule has 2 fully saturated rings. The number of piperidine rings is 2. The Labute approximate surface area is 153 Å². The van der Waals surface area contributed by atoms with Crippen LogP contribution in [0.25, 0.3) is 0 Å². The van der Waals surface area contributed by atoms with Crippen LogP contribution in [0, 0.1) is 5.92 Å². The Bertz CT molecular complexity index is 604. The van der Waals surface area contributed by atoms with Crippen molar-refractivity contribution in [2.75, 3.05) is 32.7 Å². The minimum atomic E-state index is -0.186. The molecule has 2 aliphatic heterocycles. The van der Waals surface area contributed by atoms with Gasteiger partial charge in [0.25, 0.3) is 5.91 Å². The topological polar surface area (TPSA) is 104 Å². The molecule has 26 heavy (non-hydrogen) atoms. The summed E-state index contributed by atoms with van der Waals surface area (Å²) in [5, 5.41) is 17.3. The normalized spacial score (nSPS) is 21.4. The number of nitrogens with one attached hydrogen (secondary N) is 3. The summed E-state index contributed by atoms with van der Waals surface area (Å²) < 4.78 is 1.77. The van der Waals surface area contributed by atoms with E-state index in [1.807, 2.05) is 6.92 Å². The second kappa shape index (κ2) is 8.98. The molecule has 0 spiro atoms. The third-order valence-corrected chi connectivity index (χ3v) is 5.06. The first-order valence-corrected chi connectivity index (χ1v) is 9.60. The second-order valence-corrected chi connectivity index (χ2v) is 7.11. The van der Waals surface area contributed by atoms with Crippen molar-refractivity contribution in [1.29, 1.82) is 0 Å². The molecule has 1 aromatic rings.